The van der Waals surface area contributed by atoms with Gasteiger partial charge in [-0.2, -0.15) is 0 Å². The van der Waals surface area contributed by atoms with Gasteiger partial charge in [0.05, 0.1) is 7.11 Å². The van der Waals surface area contributed by atoms with Gasteiger partial charge in [0.1, 0.15) is 5.75 Å². The van der Waals surface area contributed by atoms with Crippen molar-refractivity contribution in [2.45, 2.75) is 6.92 Å². The highest BCUT2D eigenvalue weighted by molar-refractivity contribution is 5.92. The Kier molecular flexibility index (Phi) is 4.20. The number of carboxylic acid groups (broad SMARTS) is 1. The molecule has 0 unspecified atom stereocenters. The molecule has 2 aromatic carbocycles. The number of carbonyl (C=O) groups is 1. The lowest BCUT2D eigenvalue weighted by Gasteiger charge is -2.12. The topological polar surface area (TPSA) is 46.5 Å². The van der Waals surface area contributed by atoms with Gasteiger partial charge in [0.2, 0.25) is 0 Å². The summed E-state index contributed by atoms with van der Waals surface area (Å²) in [7, 11) is 1.59. The van der Waals surface area contributed by atoms with Crippen molar-refractivity contribution in [1.82, 2.24) is 0 Å². The molecule has 2 aromatic rings. The van der Waals surface area contributed by atoms with Crippen molar-refractivity contribution >= 4 is 12.0 Å². The monoisotopic (exact) mass is 268 g/mol. The van der Waals surface area contributed by atoms with Gasteiger partial charge in [-0.15, -0.1) is 0 Å². The molecule has 0 fully saturated rings. The Hall–Kier alpha value is -2.55. The van der Waals surface area contributed by atoms with Gasteiger partial charge in [-0.25, -0.2) is 4.79 Å². The minimum Gasteiger partial charge on any atom is -0.495 e. The van der Waals surface area contributed by atoms with Gasteiger partial charge < -0.3 is 9.84 Å². The van der Waals surface area contributed by atoms with Crippen molar-refractivity contribution in [2.24, 2.45) is 0 Å². The number of para-hydroxylation sites is 1. The highest BCUT2D eigenvalue weighted by Gasteiger charge is 2.10. The van der Waals surface area contributed by atoms with Gasteiger partial charge >= 0.3 is 5.97 Å². The molecule has 3 heteroatoms. The molecular formula is C17H16O3. The summed E-state index contributed by atoms with van der Waals surface area (Å²) in [4.78, 5) is 10.9. The van der Waals surface area contributed by atoms with Crippen LogP contribution in [0.1, 0.15) is 12.5 Å². The summed E-state index contributed by atoms with van der Waals surface area (Å²) in [5, 5.41) is 8.98. The molecule has 0 aliphatic heterocycles. The van der Waals surface area contributed by atoms with E-state index in [2.05, 4.69) is 0 Å². The van der Waals surface area contributed by atoms with Crippen LogP contribution in [0, 0.1) is 0 Å². The van der Waals surface area contributed by atoms with Crippen molar-refractivity contribution < 1.29 is 14.6 Å². The second-order valence-corrected chi connectivity index (χ2v) is 4.43. The van der Waals surface area contributed by atoms with Crippen molar-refractivity contribution in [3.8, 4) is 16.9 Å². The normalized spacial score (nSPS) is 11.2. The largest absolute Gasteiger partial charge is 0.495 e. The van der Waals surface area contributed by atoms with E-state index in [1.807, 2.05) is 48.5 Å². The molecule has 0 spiro atoms. The van der Waals surface area contributed by atoms with Crippen LogP contribution in [-0.2, 0) is 4.79 Å². The number of carboxylic acids is 1. The van der Waals surface area contributed by atoms with E-state index in [0.717, 1.165) is 16.7 Å². The summed E-state index contributed by atoms with van der Waals surface area (Å²) in [6, 6.07) is 15.6. The maximum atomic E-state index is 10.9. The van der Waals surface area contributed by atoms with E-state index in [4.69, 9.17) is 9.84 Å². The fourth-order valence-electron chi connectivity index (χ4n) is 2.04. The minimum atomic E-state index is -0.933. The molecule has 0 saturated carbocycles. The van der Waals surface area contributed by atoms with Gasteiger partial charge in [0.25, 0.3) is 0 Å². The van der Waals surface area contributed by atoms with Crippen LogP contribution < -0.4 is 4.74 Å². The molecule has 0 aromatic heterocycles. The molecular weight excluding hydrogens is 252 g/mol. The minimum absolute atomic E-state index is 0.272. The molecule has 1 N–H and O–H groups in total. The molecule has 2 rings (SSSR count). The van der Waals surface area contributed by atoms with Crippen molar-refractivity contribution in [1.29, 1.82) is 0 Å². The Morgan fingerprint density at radius 3 is 2.40 bits per heavy atom. The Labute approximate surface area is 118 Å². The Morgan fingerprint density at radius 2 is 1.80 bits per heavy atom. The van der Waals surface area contributed by atoms with E-state index in [9.17, 15) is 4.79 Å². The first-order chi connectivity index (χ1) is 9.63. The number of aliphatic carboxylic acids is 1. The van der Waals surface area contributed by atoms with Crippen LogP contribution in [0.25, 0.3) is 17.2 Å². The predicted octanol–water partition coefficient (Wildman–Crippen LogP) is 3.85. The summed E-state index contributed by atoms with van der Waals surface area (Å²) in [5.74, 6) is -0.253. The third-order valence-electron chi connectivity index (χ3n) is 3.04. The molecule has 0 saturated heterocycles. The van der Waals surface area contributed by atoms with Crippen molar-refractivity contribution in [2.75, 3.05) is 7.11 Å². The summed E-state index contributed by atoms with van der Waals surface area (Å²) in [6.07, 6.45) is 1.62. The fraction of sp³-hybridized carbons (Fsp3) is 0.118. The molecule has 0 atom stereocenters. The highest BCUT2D eigenvalue weighted by atomic mass is 16.5. The summed E-state index contributed by atoms with van der Waals surface area (Å²) < 4.78 is 5.47. The van der Waals surface area contributed by atoms with Crippen LogP contribution in [0.15, 0.2) is 54.1 Å². The van der Waals surface area contributed by atoms with Crippen LogP contribution in [0.5, 0.6) is 5.75 Å². The lowest BCUT2D eigenvalue weighted by Crippen LogP contribution is -1.97. The zero-order chi connectivity index (χ0) is 14.5. The second-order valence-electron chi connectivity index (χ2n) is 4.43. The SMILES string of the molecule is COc1c(/C=C(\C)C(=O)O)cccc1-c1ccccc1. The quantitative estimate of drug-likeness (QED) is 0.857. The third-order valence-corrected chi connectivity index (χ3v) is 3.04. The van der Waals surface area contributed by atoms with Gasteiger partial charge in [-0.3, -0.25) is 0 Å². The van der Waals surface area contributed by atoms with E-state index in [0.29, 0.717) is 5.75 Å². The van der Waals surface area contributed by atoms with Crippen molar-refractivity contribution in [3.63, 3.8) is 0 Å². The van der Waals surface area contributed by atoms with E-state index in [1.54, 1.807) is 20.1 Å². The zero-order valence-electron chi connectivity index (χ0n) is 11.5. The van der Waals surface area contributed by atoms with Crippen LogP contribution in [0.3, 0.4) is 0 Å². The summed E-state index contributed by atoms with van der Waals surface area (Å²) in [6.45, 7) is 1.57. The second kappa shape index (κ2) is 6.06. The molecule has 0 radical (unpaired) electrons. The maximum Gasteiger partial charge on any atom is 0.331 e. The average molecular weight is 268 g/mol. The third kappa shape index (κ3) is 2.88. The first kappa shape index (κ1) is 13.9. The van der Waals surface area contributed by atoms with Gasteiger partial charge in [-0.05, 0) is 18.6 Å². The van der Waals surface area contributed by atoms with Crippen LogP contribution in [0.4, 0.5) is 0 Å². The van der Waals surface area contributed by atoms with E-state index >= 15 is 0 Å². The van der Waals surface area contributed by atoms with E-state index in [1.165, 1.54) is 0 Å². The number of hydrogen-bond acceptors (Lipinski definition) is 2. The first-order valence-electron chi connectivity index (χ1n) is 6.27. The molecule has 102 valence electrons. The highest BCUT2D eigenvalue weighted by Crippen LogP contribution is 2.34. The van der Waals surface area contributed by atoms with Crippen molar-refractivity contribution in [3.05, 3.63) is 59.7 Å². The van der Waals surface area contributed by atoms with Crippen LogP contribution in [-0.4, -0.2) is 18.2 Å². The Morgan fingerprint density at radius 1 is 1.10 bits per heavy atom. The lowest BCUT2D eigenvalue weighted by atomic mass is 10.0. The molecule has 0 aliphatic rings. The van der Waals surface area contributed by atoms with E-state index in [-0.39, 0.29) is 5.57 Å². The van der Waals surface area contributed by atoms with E-state index < -0.39 is 5.97 Å². The lowest BCUT2D eigenvalue weighted by molar-refractivity contribution is -0.132. The molecule has 0 heterocycles. The molecule has 20 heavy (non-hydrogen) atoms. The van der Waals surface area contributed by atoms with Gasteiger partial charge in [0, 0.05) is 16.7 Å². The standard InChI is InChI=1S/C17H16O3/c1-12(17(18)19)11-14-9-6-10-15(16(14)20-2)13-7-4-3-5-8-13/h3-11H,1-2H3,(H,18,19)/b12-11+. The maximum absolute atomic E-state index is 10.9. The molecule has 0 amide bonds. The predicted molar refractivity (Wildman–Crippen MR) is 79.7 cm³/mol. The summed E-state index contributed by atoms with van der Waals surface area (Å²) in [5.41, 5.74) is 3.01. The first-order valence-corrected chi connectivity index (χ1v) is 6.27. The number of ether oxygens (including phenoxy) is 1. The Balaban J connectivity index is 2.57. The van der Waals surface area contributed by atoms with Gasteiger partial charge in [-0.1, -0.05) is 48.5 Å². The average Bonchev–Trinajstić information content (AvgIpc) is 2.47. The smallest absolute Gasteiger partial charge is 0.331 e. The van der Waals surface area contributed by atoms with Gasteiger partial charge in [0.15, 0.2) is 0 Å². The molecule has 0 aliphatic carbocycles. The van der Waals surface area contributed by atoms with Crippen LogP contribution in [0.2, 0.25) is 0 Å². The molecule has 0 bridgehead atoms. The number of methoxy groups -OCH3 is 1. The molecule has 3 nitrogen and oxygen atoms in total. The number of hydrogen-bond donors (Lipinski definition) is 1. The summed E-state index contributed by atoms with van der Waals surface area (Å²) >= 11 is 0. The number of rotatable bonds is 4. The Bertz CT molecular complexity index is 643. The fourth-order valence-corrected chi connectivity index (χ4v) is 2.04. The number of benzene rings is 2. The zero-order valence-corrected chi connectivity index (χ0v) is 11.5. The van der Waals surface area contributed by atoms with Crippen LogP contribution >= 0.6 is 0 Å².